The van der Waals surface area contributed by atoms with Crippen molar-refractivity contribution in [3.8, 4) is 5.75 Å². The largest absolute Gasteiger partial charge is 0.497 e. The van der Waals surface area contributed by atoms with Crippen molar-refractivity contribution in [3.05, 3.63) is 29.8 Å². The summed E-state index contributed by atoms with van der Waals surface area (Å²) in [6.45, 7) is 2.31. The molecule has 0 aromatic heterocycles. The molecule has 5 nitrogen and oxygen atoms in total. The molecule has 0 saturated heterocycles. The SMILES string of the molecule is COCCNCC(=O)NCC1(c2cccc(OC)c2)CCCC1. The fraction of sp³-hybridized carbons (Fsp3) is 0.611. The summed E-state index contributed by atoms with van der Waals surface area (Å²) in [5.41, 5.74) is 1.30. The number of hydrogen-bond donors (Lipinski definition) is 2. The van der Waals surface area contributed by atoms with E-state index >= 15 is 0 Å². The van der Waals surface area contributed by atoms with Gasteiger partial charge in [0.25, 0.3) is 0 Å². The minimum atomic E-state index is 0.0373. The van der Waals surface area contributed by atoms with Crippen LogP contribution in [-0.2, 0) is 14.9 Å². The van der Waals surface area contributed by atoms with Gasteiger partial charge < -0.3 is 20.1 Å². The first-order valence-corrected chi connectivity index (χ1v) is 8.31. The first-order chi connectivity index (χ1) is 11.2. The Balaban J connectivity index is 1.94. The fourth-order valence-corrected chi connectivity index (χ4v) is 3.28. The Morgan fingerprint density at radius 2 is 2.04 bits per heavy atom. The second-order valence-electron chi connectivity index (χ2n) is 6.17. The van der Waals surface area contributed by atoms with Crippen LogP contribution in [0, 0.1) is 0 Å². The molecule has 2 rings (SSSR count). The molecule has 0 atom stereocenters. The van der Waals surface area contributed by atoms with Crippen LogP contribution >= 0.6 is 0 Å². The number of amides is 1. The first-order valence-electron chi connectivity index (χ1n) is 8.31. The van der Waals surface area contributed by atoms with Crippen LogP contribution in [0.25, 0.3) is 0 Å². The van der Waals surface area contributed by atoms with E-state index in [2.05, 4.69) is 22.8 Å². The maximum absolute atomic E-state index is 12.0. The van der Waals surface area contributed by atoms with Gasteiger partial charge >= 0.3 is 0 Å². The van der Waals surface area contributed by atoms with Gasteiger partial charge in [0, 0.05) is 25.6 Å². The highest BCUT2D eigenvalue weighted by atomic mass is 16.5. The highest BCUT2D eigenvalue weighted by Gasteiger charge is 2.36. The van der Waals surface area contributed by atoms with Crippen molar-refractivity contribution < 1.29 is 14.3 Å². The highest BCUT2D eigenvalue weighted by Crippen LogP contribution is 2.41. The summed E-state index contributed by atoms with van der Waals surface area (Å²) >= 11 is 0. The molecule has 1 aliphatic rings. The van der Waals surface area contributed by atoms with Crippen LogP contribution in [0.3, 0.4) is 0 Å². The molecule has 1 aromatic rings. The van der Waals surface area contributed by atoms with Crippen molar-refractivity contribution in [2.75, 3.05) is 40.5 Å². The number of hydrogen-bond acceptors (Lipinski definition) is 4. The normalized spacial score (nSPS) is 16.3. The maximum Gasteiger partial charge on any atom is 0.233 e. The van der Waals surface area contributed by atoms with Gasteiger partial charge in [-0.15, -0.1) is 0 Å². The Hall–Kier alpha value is -1.59. The lowest BCUT2D eigenvalue weighted by atomic mass is 9.78. The summed E-state index contributed by atoms with van der Waals surface area (Å²) in [5.74, 6) is 0.914. The topological polar surface area (TPSA) is 59.6 Å². The monoisotopic (exact) mass is 320 g/mol. The van der Waals surface area contributed by atoms with Gasteiger partial charge in [-0.05, 0) is 30.5 Å². The third kappa shape index (κ3) is 4.94. The third-order valence-electron chi connectivity index (χ3n) is 4.64. The van der Waals surface area contributed by atoms with E-state index < -0.39 is 0 Å². The van der Waals surface area contributed by atoms with Crippen molar-refractivity contribution >= 4 is 5.91 Å². The molecule has 0 bridgehead atoms. The molecule has 0 unspecified atom stereocenters. The zero-order chi connectivity index (χ0) is 16.5. The number of rotatable bonds is 9. The van der Waals surface area contributed by atoms with Gasteiger partial charge in [0.1, 0.15) is 5.75 Å². The molecule has 1 amide bonds. The van der Waals surface area contributed by atoms with Gasteiger partial charge in [-0.1, -0.05) is 25.0 Å². The summed E-state index contributed by atoms with van der Waals surface area (Å²) in [6.07, 6.45) is 4.63. The molecule has 0 radical (unpaired) electrons. The molecule has 2 N–H and O–H groups in total. The molecule has 128 valence electrons. The van der Waals surface area contributed by atoms with Gasteiger partial charge in [0.15, 0.2) is 0 Å². The van der Waals surface area contributed by atoms with Crippen LogP contribution in [-0.4, -0.2) is 46.4 Å². The quantitative estimate of drug-likeness (QED) is 0.682. The lowest BCUT2D eigenvalue weighted by molar-refractivity contribution is -0.120. The van der Waals surface area contributed by atoms with Crippen LogP contribution in [0.1, 0.15) is 31.2 Å². The second-order valence-corrected chi connectivity index (χ2v) is 6.17. The number of nitrogens with one attached hydrogen (secondary N) is 2. The van der Waals surface area contributed by atoms with Gasteiger partial charge in [0.2, 0.25) is 5.91 Å². The highest BCUT2D eigenvalue weighted by molar-refractivity contribution is 5.78. The average molecular weight is 320 g/mol. The van der Waals surface area contributed by atoms with E-state index in [4.69, 9.17) is 9.47 Å². The van der Waals surface area contributed by atoms with Crippen molar-refractivity contribution in [1.82, 2.24) is 10.6 Å². The molecular weight excluding hydrogens is 292 g/mol. The first kappa shape index (κ1) is 17.8. The zero-order valence-corrected chi connectivity index (χ0v) is 14.2. The van der Waals surface area contributed by atoms with E-state index in [1.54, 1.807) is 14.2 Å². The molecule has 1 aliphatic carbocycles. The number of ether oxygens (including phenoxy) is 2. The summed E-state index contributed by atoms with van der Waals surface area (Å²) < 4.78 is 10.3. The molecule has 0 spiro atoms. The summed E-state index contributed by atoms with van der Waals surface area (Å²) in [6, 6.07) is 8.25. The molecule has 5 heteroatoms. The third-order valence-corrected chi connectivity index (χ3v) is 4.64. The van der Waals surface area contributed by atoms with Crippen LogP contribution < -0.4 is 15.4 Å². The lowest BCUT2D eigenvalue weighted by Gasteiger charge is -2.30. The summed E-state index contributed by atoms with van der Waals surface area (Å²) in [7, 11) is 3.34. The van der Waals surface area contributed by atoms with Gasteiger partial charge in [-0.3, -0.25) is 4.79 Å². The minimum Gasteiger partial charge on any atom is -0.497 e. The average Bonchev–Trinajstić information content (AvgIpc) is 3.07. The standard InChI is InChI=1S/C18H28N2O3/c1-22-11-10-19-13-17(21)20-14-18(8-3-4-9-18)15-6-5-7-16(12-15)23-2/h5-7,12,19H,3-4,8-11,13-14H2,1-2H3,(H,20,21). The molecular formula is C18H28N2O3. The van der Waals surface area contributed by atoms with Crippen molar-refractivity contribution in [3.63, 3.8) is 0 Å². The molecule has 0 aliphatic heterocycles. The van der Waals surface area contributed by atoms with Crippen molar-refractivity contribution in [2.24, 2.45) is 0 Å². The van der Waals surface area contributed by atoms with E-state index in [0.717, 1.165) is 18.6 Å². The van der Waals surface area contributed by atoms with E-state index in [-0.39, 0.29) is 11.3 Å². The smallest absolute Gasteiger partial charge is 0.233 e. The van der Waals surface area contributed by atoms with Crippen LogP contribution in [0.2, 0.25) is 0 Å². The number of carbonyl (C=O) groups excluding carboxylic acids is 1. The van der Waals surface area contributed by atoms with Gasteiger partial charge in [-0.25, -0.2) is 0 Å². The number of carbonyl (C=O) groups is 1. The second kappa shape index (κ2) is 8.89. The Morgan fingerprint density at radius 1 is 1.26 bits per heavy atom. The Labute approximate surface area is 138 Å². The summed E-state index contributed by atoms with van der Waals surface area (Å²) in [4.78, 5) is 12.0. The van der Waals surface area contributed by atoms with Crippen LogP contribution in [0.5, 0.6) is 5.75 Å². The molecule has 1 saturated carbocycles. The number of benzene rings is 1. The Bertz CT molecular complexity index is 499. The molecule has 1 aromatic carbocycles. The van der Waals surface area contributed by atoms with Gasteiger partial charge in [0.05, 0.1) is 20.3 Å². The van der Waals surface area contributed by atoms with E-state index in [1.807, 2.05) is 12.1 Å². The predicted molar refractivity (Wildman–Crippen MR) is 90.9 cm³/mol. The summed E-state index contributed by atoms with van der Waals surface area (Å²) in [5, 5.41) is 6.17. The lowest BCUT2D eigenvalue weighted by Crippen LogP contribution is -2.42. The van der Waals surface area contributed by atoms with Crippen molar-refractivity contribution in [2.45, 2.75) is 31.1 Å². The van der Waals surface area contributed by atoms with E-state index in [9.17, 15) is 4.79 Å². The van der Waals surface area contributed by atoms with E-state index in [1.165, 1.54) is 18.4 Å². The maximum atomic E-state index is 12.0. The minimum absolute atomic E-state index is 0.0373. The van der Waals surface area contributed by atoms with Gasteiger partial charge in [-0.2, -0.15) is 0 Å². The fourth-order valence-electron chi connectivity index (χ4n) is 3.28. The predicted octanol–water partition coefficient (Wildman–Crippen LogP) is 1.86. The van der Waals surface area contributed by atoms with Crippen molar-refractivity contribution in [1.29, 1.82) is 0 Å². The molecule has 23 heavy (non-hydrogen) atoms. The Morgan fingerprint density at radius 3 is 2.74 bits per heavy atom. The molecule has 1 fully saturated rings. The molecule has 0 heterocycles. The van der Waals surface area contributed by atoms with Crippen LogP contribution in [0.4, 0.5) is 0 Å². The van der Waals surface area contributed by atoms with E-state index in [0.29, 0.717) is 26.2 Å². The Kier molecular flexibility index (Phi) is 6.86. The van der Waals surface area contributed by atoms with Crippen LogP contribution in [0.15, 0.2) is 24.3 Å². The zero-order valence-electron chi connectivity index (χ0n) is 14.2. The number of methoxy groups -OCH3 is 2.